The van der Waals surface area contributed by atoms with Crippen molar-refractivity contribution in [1.82, 2.24) is 9.80 Å². The third-order valence-electron chi connectivity index (χ3n) is 5.37. The summed E-state index contributed by atoms with van der Waals surface area (Å²) in [4.78, 5) is 5.09. The first kappa shape index (κ1) is 19.7. The molecule has 1 aliphatic rings. The van der Waals surface area contributed by atoms with Crippen molar-refractivity contribution in [2.45, 2.75) is 32.9 Å². The van der Waals surface area contributed by atoms with Crippen LogP contribution in [0.1, 0.15) is 25.8 Å². The van der Waals surface area contributed by atoms with Gasteiger partial charge >= 0.3 is 0 Å². The van der Waals surface area contributed by atoms with E-state index in [1.807, 2.05) is 42.5 Å². The fourth-order valence-electron chi connectivity index (χ4n) is 3.35. The lowest BCUT2D eigenvalue weighted by Crippen LogP contribution is -2.50. The number of ether oxygens (including phenoxy) is 2. The van der Waals surface area contributed by atoms with Gasteiger partial charge in [0, 0.05) is 38.8 Å². The summed E-state index contributed by atoms with van der Waals surface area (Å²) >= 11 is 0. The first-order chi connectivity index (χ1) is 13.2. The molecular formula is C23H32N2O2. The Kier molecular flexibility index (Phi) is 7.55. The van der Waals surface area contributed by atoms with Crippen LogP contribution in [0.3, 0.4) is 0 Å². The molecule has 1 fully saturated rings. The SMILES string of the molecule is CCC(C)N1CCN(CCOc2ccc(OCc3ccccc3)cc2)CC1. The van der Waals surface area contributed by atoms with E-state index in [0.29, 0.717) is 12.6 Å². The fourth-order valence-corrected chi connectivity index (χ4v) is 3.35. The van der Waals surface area contributed by atoms with E-state index >= 15 is 0 Å². The Hall–Kier alpha value is -2.04. The van der Waals surface area contributed by atoms with E-state index < -0.39 is 0 Å². The van der Waals surface area contributed by atoms with Crippen molar-refractivity contribution in [1.29, 1.82) is 0 Å². The zero-order valence-corrected chi connectivity index (χ0v) is 16.6. The fraction of sp³-hybridized carbons (Fsp3) is 0.478. The van der Waals surface area contributed by atoms with Gasteiger partial charge in [-0.05, 0) is 43.2 Å². The van der Waals surface area contributed by atoms with E-state index in [9.17, 15) is 0 Å². The maximum Gasteiger partial charge on any atom is 0.120 e. The van der Waals surface area contributed by atoms with Crippen LogP contribution in [0.15, 0.2) is 54.6 Å². The third-order valence-corrected chi connectivity index (χ3v) is 5.37. The van der Waals surface area contributed by atoms with Crippen molar-refractivity contribution in [3.05, 3.63) is 60.2 Å². The quantitative estimate of drug-likeness (QED) is 0.666. The van der Waals surface area contributed by atoms with Crippen molar-refractivity contribution in [2.75, 3.05) is 39.3 Å². The first-order valence-electron chi connectivity index (χ1n) is 10.1. The second-order valence-electron chi connectivity index (χ2n) is 7.23. The molecule has 1 unspecified atom stereocenters. The highest BCUT2D eigenvalue weighted by Crippen LogP contribution is 2.19. The summed E-state index contributed by atoms with van der Waals surface area (Å²) in [5, 5.41) is 0. The van der Waals surface area contributed by atoms with Crippen LogP contribution in [-0.2, 0) is 6.61 Å². The second kappa shape index (κ2) is 10.3. The molecule has 146 valence electrons. The molecule has 4 nitrogen and oxygen atoms in total. The van der Waals surface area contributed by atoms with E-state index in [1.165, 1.54) is 25.1 Å². The molecule has 3 rings (SSSR count). The summed E-state index contributed by atoms with van der Waals surface area (Å²) in [5.41, 5.74) is 1.17. The number of hydrogen-bond donors (Lipinski definition) is 0. The highest BCUT2D eigenvalue weighted by Gasteiger charge is 2.19. The third kappa shape index (κ3) is 6.26. The van der Waals surface area contributed by atoms with E-state index in [-0.39, 0.29) is 0 Å². The first-order valence-corrected chi connectivity index (χ1v) is 10.1. The molecule has 1 heterocycles. The van der Waals surface area contributed by atoms with Gasteiger partial charge in [-0.3, -0.25) is 9.80 Å². The molecule has 0 bridgehead atoms. The van der Waals surface area contributed by atoms with Gasteiger partial charge in [0.05, 0.1) is 0 Å². The Morgan fingerprint density at radius 2 is 1.48 bits per heavy atom. The van der Waals surface area contributed by atoms with E-state index in [4.69, 9.17) is 9.47 Å². The van der Waals surface area contributed by atoms with E-state index in [1.54, 1.807) is 0 Å². The molecule has 0 aromatic heterocycles. The predicted molar refractivity (Wildman–Crippen MR) is 110 cm³/mol. The van der Waals surface area contributed by atoms with Gasteiger partial charge < -0.3 is 9.47 Å². The number of nitrogens with zero attached hydrogens (tertiary/aromatic N) is 2. The van der Waals surface area contributed by atoms with Crippen molar-refractivity contribution in [3.63, 3.8) is 0 Å². The van der Waals surface area contributed by atoms with Crippen molar-refractivity contribution in [3.8, 4) is 11.5 Å². The lowest BCUT2D eigenvalue weighted by atomic mass is 10.2. The molecule has 0 spiro atoms. The van der Waals surface area contributed by atoms with Gasteiger partial charge in [-0.1, -0.05) is 37.3 Å². The molecule has 2 aromatic rings. The highest BCUT2D eigenvalue weighted by molar-refractivity contribution is 5.31. The monoisotopic (exact) mass is 368 g/mol. The Balaban J connectivity index is 1.34. The molecule has 1 saturated heterocycles. The summed E-state index contributed by atoms with van der Waals surface area (Å²) in [5.74, 6) is 1.77. The van der Waals surface area contributed by atoms with Crippen LogP contribution in [0.5, 0.6) is 11.5 Å². The zero-order chi connectivity index (χ0) is 18.9. The minimum absolute atomic E-state index is 0.587. The van der Waals surface area contributed by atoms with Crippen molar-refractivity contribution < 1.29 is 9.47 Å². The van der Waals surface area contributed by atoms with Gasteiger partial charge in [-0.2, -0.15) is 0 Å². The molecule has 0 amide bonds. The molecule has 27 heavy (non-hydrogen) atoms. The normalized spacial score (nSPS) is 16.8. The Morgan fingerprint density at radius 1 is 0.852 bits per heavy atom. The van der Waals surface area contributed by atoms with Crippen molar-refractivity contribution >= 4 is 0 Å². The molecular weight excluding hydrogens is 336 g/mol. The standard InChI is InChI=1S/C23H32N2O2/c1-3-20(2)25-15-13-24(14-16-25)17-18-26-22-9-11-23(12-10-22)27-19-21-7-5-4-6-8-21/h4-12,20H,3,13-19H2,1-2H3. The average molecular weight is 369 g/mol. The maximum atomic E-state index is 5.91. The van der Waals surface area contributed by atoms with Gasteiger partial charge in [-0.25, -0.2) is 0 Å². The Bertz CT molecular complexity index is 652. The Morgan fingerprint density at radius 3 is 2.11 bits per heavy atom. The molecule has 0 aliphatic carbocycles. The number of piperazine rings is 1. The lowest BCUT2D eigenvalue weighted by Gasteiger charge is -2.37. The van der Waals surface area contributed by atoms with Gasteiger partial charge in [0.1, 0.15) is 24.7 Å². The molecule has 1 atom stereocenters. The van der Waals surface area contributed by atoms with Crippen LogP contribution < -0.4 is 9.47 Å². The van der Waals surface area contributed by atoms with Crippen LogP contribution in [0, 0.1) is 0 Å². The van der Waals surface area contributed by atoms with E-state index in [0.717, 1.165) is 37.7 Å². The maximum absolute atomic E-state index is 5.91. The van der Waals surface area contributed by atoms with Crippen LogP contribution in [0.4, 0.5) is 0 Å². The van der Waals surface area contributed by atoms with Gasteiger partial charge in [0.2, 0.25) is 0 Å². The predicted octanol–water partition coefficient (Wildman–Crippen LogP) is 4.06. The second-order valence-corrected chi connectivity index (χ2v) is 7.23. The molecule has 0 saturated carbocycles. The summed E-state index contributed by atoms with van der Waals surface area (Å²) in [6, 6.07) is 18.8. The van der Waals surface area contributed by atoms with Crippen LogP contribution in [-0.4, -0.2) is 55.2 Å². The van der Waals surface area contributed by atoms with Gasteiger partial charge in [-0.15, -0.1) is 0 Å². The van der Waals surface area contributed by atoms with Crippen LogP contribution in [0.2, 0.25) is 0 Å². The minimum Gasteiger partial charge on any atom is -0.492 e. The molecule has 0 N–H and O–H groups in total. The summed E-state index contributed by atoms with van der Waals surface area (Å²) in [6.07, 6.45) is 1.23. The highest BCUT2D eigenvalue weighted by atomic mass is 16.5. The molecule has 1 aliphatic heterocycles. The molecule has 2 aromatic carbocycles. The summed E-state index contributed by atoms with van der Waals surface area (Å²) in [7, 11) is 0. The molecule has 4 heteroatoms. The minimum atomic E-state index is 0.587. The number of benzene rings is 2. The van der Waals surface area contributed by atoms with E-state index in [2.05, 4.69) is 35.8 Å². The summed E-state index contributed by atoms with van der Waals surface area (Å²) in [6.45, 7) is 11.5. The topological polar surface area (TPSA) is 24.9 Å². The number of hydrogen-bond acceptors (Lipinski definition) is 4. The smallest absolute Gasteiger partial charge is 0.120 e. The Labute approximate surface area is 163 Å². The van der Waals surface area contributed by atoms with Crippen molar-refractivity contribution in [2.24, 2.45) is 0 Å². The van der Waals surface area contributed by atoms with Gasteiger partial charge in [0.15, 0.2) is 0 Å². The van der Waals surface area contributed by atoms with Gasteiger partial charge in [0.25, 0.3) is 0 Å². The average Bonchev–Trinajstić information content (AvgIpc) is 2.74. The van der Waals surface area contributed by atoms with Crippen LogP contribution >= 0.6 is 0 Å². The zero-order valence-electron chi connectivity index (χ0n) is 16.6. The lowest BCUT2D eigenvalue weighted by molar-refractivity contribution is 0.0905. The summed E-state index contributed by atoms with van der Waals surface area (Å²) < 4.78 is 11.7. The number of rotatable bonds is 9. The molecule has 0 radical (unpaired) electrons. The van der Waals surface area contributed by atoms with Crippen LogP contribution in [0.25, 0.3) is 0 Å². The largest absolute Gasteiger partial charge is 0.492 e.